The first kappa shape index (κ1) is 19.4. The van der Waals surface area contributed by atoms with E-state index >= 15 is 0 Å². The van der Waals surface area contributed by atoms with Crippen LogP contribution in [0, 0.1) is 12.8 Å². The number of benzene rings is 2. The number of amides is 1. The van der Waals surface area contributed by atoms with Crippen LogP contribution in [-0.2, 0) is 0 Å². The van der Waals surface area contributed by atoms with Crippen molar-refractivity contribution in [2.45, 2.75) is 19.8 Å². The maximum atomic E-state index is 13.3. The molecule has 1 N–H and O–H groups in total. The standard InChI is InChI=1S/C24H26N2O3/c1-16-21(27)19-9-6-10-20(23(19)29-22(16)18-7-4-3-5-8-18)24(28)26-13-11-17(12-14-26)15-25-2/h3-10,17,25H,11-15H2,1-2H3. The third kappa shape index (κ3) is 3.70. The lowest BCUT2D eigenvalue weighted by Crippen LogP contribution is -2.40. The quantitative estimate of drug-likeness (QED) is 0.735. The first-order chi connectivity index (χ1) is 14.1. The molecule has 0 saturated carbocycles. The summed E-state index contributed by atoms with van der Waals surface area (Å²) in [6, 6.07) is 14.8. The molecule has 1 saturated heterocycles. The van der Waals surface area contributed by atoms with Crippen LogP contribution in [0.3, 0.4) is 0 Å². The van der Waals surface area contributed by atoms with E-state index in [9.17, 15) is 9.59 Å². The van der Waals surface area contributed by atoms with E-state index < -0.39 is 0 Å². The van der Waals surface area contributed by atoms with Crippen LogP contribution in [-0.4, -0.2) is 37.5 Å². The van der Waals surface area contributed by atoms with E-state index in [1.807, 2.05) is 42.3 Å². The lowest BCUT2D eigenvalue weighted by molar-refractivity contribution is 0.0691. The average molecular weight is 390 g/mol. The van der Waals surface area contributed by atoms with Crippen LogP contribution in [0.4, 0.5) is 0 Å². The number of nitrogens with one attached hydrogen (secondary N) is 1. The molecule has 3 aromatic rings. The predicted molar refractivity (Wildman–Crippen MR) is 115 cm³/mol. The molecule has 1 aliphatic heterocycles. The van der Waals surface area contributed by atoms with Gasteiger partial charge in [0.1, 0.15) is 5.76 Å². The van der Waals surface area contributed by atoms with Crippen molar-refractivity contribution < 1.29 is 9.21 Å². The van der Waals surface area contributed by atoms with Crippen molar-refractivity contribution in [2.24, 2.45) is 5.92 Å². The Balaban J connectivity index is 1.75. The van der Waals surface area contributed by atoms with Gasteiger partial charge in [0, 0.05) is 24.2 Å². The van der Waals surface area contributed by atoms with Crippen LogP contribution in [0.2, 0.25) is 0 Å². The summed E-state index contributed by atoms with van der Waals surface area (Å²) in [5.74, 6) is 1.06. The molecule has 0 aliphatic carbocycles. The fraction of sp³-hybridized carbons (Fsp3) is 0.333. The monoisotopic (exact) mass is 390 g/mol. The van der Waals surface area contributed by atoms with Gasteiger partial charge in [-0.05, 0) is 51.4 Å². The van der Waals surface area contributed by atoms with Gasteiger partial charge in [-0.1, -0.05) is 36.4 Å². The smallest absolute Gasteiger partial charge is 0.257 e. The van der Waals surface area contributed by atoms with Crippen molar-refractivity contribution in [3.05, 3.63) is 69.9 Å². The van der Waals surface area contributed by atoms with Crippen LogP contribution >= 0.6 is 0 Å². The van der Waals surface area contributed by atoms with Crippen molar-refractivity contribution in [1.29, 1.82) is 0 Å². The number of likely N-dealkylation sites (tertiary alicyclic amines) is 1. The Bertz CT molecular complexity index is 1080. The normalized spacial score (nSPS) is 15.0. The molecule has 5 nitrogen and oxygen atoms in total. The Morgan fingerprint density at radius 3 is 2.52 bits per heavy atom. The number of hydrogen-bond acceptors (Lipinski definition) is 4. The second-order valence-corrected chi connectivity index (χ2v) is 7.73. The molecule has 1 aromatic heterocycles. The topological polar surface area (TPSA) is 62.6 Å². The largest absolute Gasteiger partial charge is 0.455 e. The molecule has 1 aliphatic rings. The number of hydrogen-bond donors (Lipinski definition) is 1. The Kier molecular flexibility index (Phi) is 5.49. The maximum absolute atomic E-state index is 13.3. The molecule has 150 valence electrons. The van der Waals surface area contributed by atoms with Crippen LogP contribution < -0.4 is 10.7 Å². The minimum absolute atomic E-state index is 0.0653. The molecule has 5 heteroatoms. The Morgan fingerprint density at radius 1 is 1.10 bits per heavy atom. The van der Waals surface area contributed by atoms with E-state index in [0.29, 0.717) is 33.8 Å². The van der Waals surface area contributed by atoms with Crippen molar-refractivity contribution in [1.82, 2.24) is 10.2 Å². The molecule has 2 heterocycles. The Hall–Kier alpha value is -2.92. The van der Waals surface area contributed by atoms with Crippen LogP contribution in [0.15, 0.2) is 57.7 Å². The third-order valence-corrected chi connectivity index (χ3v) is 5.81. The number of fused-ring (bicyclic) bond motifs is 1. The van der Waals surface area contributed by atoms with E-state index in [1.165, 1.54) is 0 Å². The van der Waals surface area contributed by atoms with Crippen LogP contribution in [0.5, 0.6) is 0 Å². The summed E-state index contributed by atoms with van der Waals surface area (Å²) >= 11 is 0. The number of piperidine rings is 1. The fourth-order valence-electron chi connectivity index (χ4n) is 4.14. The second kappa shape index (κ2) is 8.21. The first-order valence-electron chi connectivity index (χ1n) is 10.2. The molecule has 0 unspecified atom stereocenters. The van der Waals surface area contributed by atoms with Crippen molar-refractivity contribution >= 4 is 16.9 Å². The predicted octanol–water partition coefficient (Wildman–Crippen LogP) is 3.84. The van der Waals surface area contributed by atoms with Gasteiger partial charge >= 0.3 is 0 Å². The van der Waals surface area contributed by atoms with Crippen molar-refractivity contribution in [2.75, 3.05) is 26.7 Å². The summed E-state index contributed by atoms with van der Waals surface area (Å²) in [6.45, 7) is 4.20. The second-order valence-electron chi connectivity index (χ2n) is 7.73. The van der Waals surface area contributed by atoms with Crippen molar-refractivity contribution in [3.8, 4) is 11.3 Å². The zero-order valence-corrected chi connectivity index (χ0v) is 16.9. The van der Waals surface area contributed by atoms with E-state index in [1.54, 1.807) is 25.1 Å². The summed E-state index contributed by atoms with van der Waals surface area (Å²) in [4.78, 5) is 28.1. The highest BCUT2D eigenvalue weighted by molar-refractivity contribution is 6.05. The Labute approximate surface area is 170 Å². The van der Waals surface area contributed by atoms with Gasteiger partial charge in [0.15, 0.2) is 11.0 Å². The van der Waals surface area contributed by atoms with Gasteiger partial charge in [0.25, 0.3) is 5.91 Å². The number of carbonyl (C=O) groups excluding carboxylic acids is 1. The van der Waals surface area contributed by atoms with Gasteiger partial charge in [-0.15, -0.1) is 0 Å². The maximum Gasteiger partial charge on any atom is 0.257 e. The summed E-state index contributed by atoms with van der Waals surface area (Å²) in [7, 11) is 1.96. The highest BCUT2D eigenvalue weighted by atomic mass is 16.3. The van der Waals surface area contributed by atoms with E-state index in [-0.39, 0.29) is 11.3 Å². The average Bonchev–Trinajstić information content (AvgIpc) is 2.77. The SMILES string of the molecule is CNCC1CCN(C(=O)c2cccc3c(=O)c(C)c(-c4ccccc4)oc23)CC1. The molecule has 0 spiro atoms. The molecule has 0 atom stereocenters. The minimum atomic E-state index is -0.0903. The van der Waals surface area contributed by atoms with Gasteiger partial charge in [-0.3, -0.25) is 9.59 Å². The van der Waals surface area contributed by atoms with Gasteiger partial charge in [-0.2, -0.15) is 0 Å². The highest BCUT2D eigenvalue weighted by Crippen LogP contribution is 2.28. The van der Waals surface area contributed by atoms with Gasteiger partial charge in [-0.25, -0.2) is 0 Å². The summed E-state index contributed by atoms with van der Waals surface area (Å²) in [6.07, 6.45) is 1.96. The summed E-state index contributed by atoms with van der Waals surface area (Å²) in [5, 5.41) is 3.67. The third-order valence-electron chi connectivity index (χ3n) is 5.81. The summed E-state index contributed by atoms with van der Waals surface area (Å²) < 4.78 is 6.20. The fourth-order valence-corrected chi connectivity index (χ4v) is 4.14. The number of rotatable bonds is 4. The molecule has 29 heavy (non-hydrogen) atoms. The molecular weight excluding hydrogens is 364 g/mol. The van der Waals surface area contributed by atoms with Crippen molar-refractivity contribution in [3.63, 3.8) is 0 Å². The molecule has 4 rings (SSSR count). The van der Waals surface area contributed by atoms with Crippen LogP contribution in [0.1, 0.15) is 28.8 Å². The Morgan fingerprint density at radius 2 is 1.83 bits per heavy atom. The van der Waals surface area contributed by atoms with E-state index in [2.05, 4.69) is 5.32 Å². The zero-order valence-electron chi connectivity index (χ0n) is 16.9. The molecule has 0 radical (unpaired) electrons. The number of nitrogens with zero attached hydrogens (tertiary/aromatic N) is 1. The van der Waals surface area contributed by atoms with E-state index in [0.717, 1.165) is 38.0 Å². The van der Waals surface area contributed by atoms with Gasteiger partial charge in [0.05, 0.1) is 10.9 Å². The molecule has 2 aromatic carbocycles. The van der Waals surface area contributed by atoms with Gasteiger partial charge < -0.3 is 14.6 Å². The zero-order chi connectivity index (χ0) is 20.4. The first-order valence-corrected chi connectivity index (χ1v) is 10.2. The molecule has 1 amide bonds. The van der Waals surface area contributed by atoms with Gasteiger partial charge in [0.2, 0.25) is 0 Å². The molecular formula is C24H26N2O3. The molecule has 0 bridgehead atoms. The lowest BCUT2D eigenvalue weighted by Gasteiger charge is -2.32. The minimum Gasteiger partial charge on any atom is -0.455 e. The van der Waals surface area contributed by atoms with E-state index in [4.69, 9.17) is 4.42 Å². The number of carbonyl (C=O) groups is 1. The highest BCUT2D eigenvalue weighted by Gasteiger charge is 2.26. The summed E-state index contributed by atoms with van der Waals surface area (Å²) in [5.41, 5.74) is 2.14. The lowest BCUT2D eigenvalue weighted by atomic mass is 9.96. The molecule has 1 fully saturated rings. The van der Waals surface area contributed by atoms with Crippen LogP contribution in [0.25, 0.3) is 22.3 Å². The number of para-hydroxylation sites is 1.